The molecule has 4 rings (SSSR count). The monoisotopic (exact) mass is 610 g/mol. The highest BCUT2D eigenvalue weighted by atomic mass is 35.5. The van der Waals surface area contributed by atoms with Gasteiger partial charge in [-0.25, -0.2) is 21.6 Å². The highest BCUT2D eigenvalue weighted by Crippen LogP contribution is 2.26. The van der Waals surface area contributed by atoms with E-state index in [1.165, 1.54) is 28.9 Å². The Morgan fingerprint density at radius 2 is 1.69 bits per heavy atom. The molecule has 2 saturated heterocycles. The Labute approximate surface area is 228 Å². The standard InChI is InChI=1S/C23H26ClF3N4O6S2/c1-14(21(32)30-9-2-3-18(13-30)28-39(36,37)23(25,26)27)31-10-8-20(22(31)33)29-38(34,35)19-7-5-15-11-17(24)6-4-16(15)12-19/h4-7,11-12,14,18,20,28-29H,2-3,8-10,13H2,1H3/t14?,18-,20-/m0/s1. The van der Waals surface area contributed by atoms with Crippen molar-refractivity contribution in [2.24, 2.45) is 0 Å². The molecule has 10 nitrogen and oxygen atoms in total. The van der Waals surface area contributed by atoms with Gasteiger partial charge in [-0.05, 0) is 61.2 Å². The molecular formula is C23H26ClF3N4O6S2. The van der Waals surface area contributed by atoms with Crippen LogP contribution >= 0.6 is 11.6 Å². The molecule has 2 aromatic rings. The molecule has 2 heterocycles. The van der Waals surface area contributed by atoms with Gasteiger partial charge in [-0.15, -0.1) is 0 Å². The Hall–Kier alpha value is -2.46. The number of carbonyl (C=O) groups excluding carboxylic acids is 2. The average molecular weight is 611 g/mol. The smallest absolute Gasteiger partial charge is 0.339 e. The Morgan fingerprint density at radius 1 is 1.03 bits per heavy atom. The summed E-state index contributed by atoms with van der Waals surface area (Å²) in [6, 6.07) is 6.16. The molecule has 2 amide bonds. The summed E-state index contributed by atoms with van der Waals surface area (Å²) in [4.78, 5) is 28.5. The van der Waals surface area contributed by atoms with Crippen LogP contribution in [-0.4, -0.2) is 81.7 Å². The van der Waals surface area contributed by atoms with Crippen LogP contribution in [0.1, 0.15) is 26.2 Å². The average Bonchev–Trinajstić information content (AvgIpc) is 3.21. The van der Waals surface area contributed by atoms with Crippen LogP contribution < -0.4 is 9.44 Å². The summed E-state index contributed by atoms with van der Waals surface area (Å²) in [6.45, 7) is 1.41. The first-order valence-corrected chi connectivity index (χ1v) is 15.3. The number of sulfonamides is 2. The molecular weight excluding hydrogens is 585 g/mol. The minimum Gasteiger partial charge on any atom is -0.339 e. The zero-order chi connectivity index (χ0) is 28.8. The number of hydrogen-bond donors (Lipinski definition) is 2. The number of rotatable bonds is 7. The number of amides is 2. The van der Waals surface area contributed by atoms with Crippen molar-refractivity contribution in [2.45, 2.75) is 54.7 Å². The van der Waals surface area contributed by atoms with Crippen molar-refractivity contribution in [2.75, 3.05) is 19.6 Å². The molecule has 2 N–H and O–H groups in total. The first-order valence-electron chi connectivity index (χ1n) is 12.0. The maximum Gasteiger partial charge on any atom is 0.511 e. The fourth-order valence-corrected chi connectivity index (χ4v) is 6.97. The van der Waals surface area contributed by atoms with Crippen molar-refractivity contribution in [1.82, 2.24) is 19.2 Å². The number of halogens is 4. The zero-order valence-corrected chi connectivity index (χ0v) is 23.0. The fraction of sp³-hybridized carbons (Fsp3) is 0.478. The summed E-state index contributed by atoms with van der Waals surface area (Å²) in [6.07, 6.45) is 0.479. The number of likely N-dealkylation sites (tertiary alicyclic amines) is 2. The van der Waals surface area contributed by atoms with Gasteiger partial charge in [0.05, 0.1) is 4.90 Å². The molecule has 0 aliphatic carbocycles. The van der Waals surface area contributed by atoms with Crippen molar-refractivity contribution in [3.05, 3.63) is 41.4 Å². The first-order chi connectivity index (χ1) is 18.1. The summed E-state index contributed by atoms with van der Waals surface area (Å²) in [5.41, 5.74) is -5.47. The molecule has 39 heavy (non-hydrogen) atoms. The molecule has 0 aromatic heterocycles. The van der Waals surface area contributed by atoms with E-state index in [1.807, 2.05) is 0 Å². The van der Waals surface area contributed by atoms with Crippen molar-refractivity contribution in [3.63, 3.8) is 0 Å². The minimum atomic E-state index is -5.58. The van der Waals surface area contributed by atoms with Crippen LogP contribution in [0.25, 0.3) is 10.8 Å². The molecule has 2 fully saturated rings. The third-order valence-electron chi connectivity index (χ3n) is 6.81. The molecule has 3 atom stereocenters. The van der Waals surface area contributed by atoms with Gasteiger partial charge in [0, 0.05) is 30.7 Å². The SMILES string of the molecule is CC(C(=O)N1CCC[C@H](NS(=O)(=O)C(F)(F)F)C1)N1CC[C@H](NS(=O)(=O)c2ccc3cc(Cl)ccc3c2)C1=O. The van der Waals surface area contributed by atoms with E-state index in [1.54, 1.807) is 29.0 Å². The molecule has 2 aromatic carbocycles. The van der Waals surface area contributed by atoms with Gasteiger partial charge in [-0.3, -0.25) is 9.59 Å². The van der Waals surface area contributed by atoms with Crippen LogP contribution in [0.5, 0.6) is 0 Å². The largest absolute Gasteiger partial charge is 0.511 e. The zero-order valence-electron chi connectivity index (χ0n) is 20.6. The van der Waals surface area contributed by atoms with Crippen LogP contribution in [0.3, 0.4) is 0 Å². The number of benzene rings is 2. The molecule has 0 saturated carbocycles. The molecule has 2 aliphatic heterocycles. The van der Waals surface area contributed by atoms with Crippen LogP contribution in [0.2, 0.25) is 5.02 Å². The Balaban J connectivity index is 1.40. The van der Waals surface area contributed by atoms with E-state index in [4.69, 9.17) is 11.6 Å². The Morgan fingerprint density at radius 3 is 2.38 bits per heavy atom. The van der Waals surface area contributed by atoms with Gasteiger partial charge >= 0.3 is 15.5 Å². The third-order valence-corrected chi connectivity index (χ3v) is 9.76. The molecule has 214 valence electrons. The second kappa shape index (κ2) is 10.8. The summed E-state index contributed by atoms with van der Waals surface area (Å²) in [7, 11) is -9.66. The van der Waals surface area contributed by atoms with Crippen LogP contribution in [0, 0.1) is 0 Å². The van der Waals surface area contributed by atoms with Crippen molar-refractivity contribution >= 4 is 54.2 Å². The fourth-order valence-electron chi connectivity index (χ4n) is 4.77. The summed E-state index contributed by atoms with van der Waals surface area (Å²) in [5, 5.41) is 1.88. The van der Waals surface area contributed by atoms with Crippen molar-refractivity contribution in [3.8, 4) is 0 Å². The second-order valence-electron chi connectivity index (χ2n) is 9.51. The lowest BCUT2D eigenvalue weighted by molar-refractivity contribution is -0.144. The van der Waals surface area contributed by atoms with Gasteiger partial charge in [0.15, 0.2) is 0 Å². The maximum absolute atomic E-state index is 13.1. The topological polar surface area (TPSA) is 133 Å². The van der Waals surface area contributed by atoms with E-state index < -0.39 is 55.5 Å². The molecule has 2 aliphatic rings. The quantitative estimate of drug-likeness (QED) is 0.494. The summed E-state index contributed by atoms with van der Waals surface area (Å²) < 4.78 is 91.1. The number of hydrogen-bond acceptors (Lipinski definition) is 6. The summed E-state index contributed by atoms with van der Waals surface area (Å²) >= 11 is 5.97. The van der Waals surface area contributed by atoms with Crippen LogP contribution in [-0.2, 0) is 29.6 Å². The van der Waals surface area contributed by atoms with Gasteiger partial charge in [0.25, 0.3) is 0 Å². The lowest BCUT2D eigenvalue weighted by atomic mass is 10.1. The number of nitrogens with one attached hydrogen (secondary N) is 2. The van der Waals surface area contributed by atoms with E-state index >= 15 is 0 Å². The van der Waals surface area contributed by atoms with Gasteiger partial charge in [0.2, 0.25) is 21.8 Å². The highest BCUT2D eigenvalue weighted by molar-refractivity contribution is 7.90. The van der Waals surface area contributed by atoms with E-state index in [2.05, 4.69) is 4.72 Å². The molecule has 0 radical (unpaired) electrons. The van der Waals surface area contributed by atoms with Crippen molar-refractivity contribution < 1.29 is 39.6 Å². The number of carbonyl (C=O) groups is 2. The lowest BCUT2D eigenvalue weighted by Crippen LogP contribution is -2.56. The first kappa shape index (κ1) is 29.5. The second-order valence-corrected chi connectivity index (χ2v) is 13.4. The molecule has 1 unspecified atom stereocenters. The number of alkyl halides is 3. The van der Waals surface area contributed by atoms with E-state index in [-0.39, 0.29) is 43.8 Å². The van der Waals surface area contributed by atoms with Crippen LogP contribution in [0.15, 0.2) is 41.3 Å². The third kappa shape index (κ3) is 6.32. The van der Waals surface area contributed by atoms with E-state index in [9.17, 15) is 39.6 Å². The predicted molar refractivity (Wildman–Crippen MR) is 137 cm³/mol. The molecule has 0 spiro atoms. The van der Waals surface area contributed by atoms with Crippen molar-refractivity contribution in [1.29, 1.82) is 0 Å². The van der Waals surface area contributed by atoms with Gasteiger partial charge in [-0.2, -0.15) is 17.9 Å². The van der Waals surface area contributed by atoms with Crippen LogP contribution in [0.4, 0.5) is 13.2 Å². The number of fused-ring (bicyclic) bond motifs is 1. The number of nitrogens with zero attached hydrogens (tertiary/aromatic N) is 2. The normalized spacial score (nSPS) is 21.9. The molecule has 0 bridgehead atoms. The highest BCUT2D eigenvalue weighted by Gasteiger charge is 2.47. The van der Waals surface area contributed by atoms with E-state index in [0.717, 1.165) is 5.39 Å². The predicted octanol–water partition coefficient (Wildman–Crippen LogP) is 2.19. The van der Waals surface area contributed by atoms with Gasteiger partial charge in [0.1, 0.15) is 12.1 Å². The minimum absolute atomic E-state index is 0.0478. The Bertz CT molecular complexity index is 1500. The Kier molecular flexibility index (Phi) is 8.21. The number of piperidine rings is 1. The molecule has 16 heteroatoms. The lowest BCUT2D eigenvalue weighted by Gasteiger charge is -2.36. The summed E-state index contributed by atoms with van der Waals surface area (Å²) in [5.74, 6) is -1.19. The van der Waals surface area contributed by atoms with E-state index in [0.29, 0.717) is 10.4 Å². The maximum atomic E-state index is 13.1. The van der Waals surface area contributed by atoms with Gasteiger partial charge < -0.3 is 9.80 Å². The van der Waals surface area contributed by atoms with Gasteiger partial charge in [-0.1, -0.05) is 23.7 Å².